The number of aromatic nitrogens is 2. The second-order valence-electron chi connectivity index (χ2n) is 7.77. The highest BCUT2D eigenvalue weighted by molar-refractivity contribution is 7.89. The van der Waals surface area contributed by atoms with Crippen molar-refractivity contribution in [2.45, 2.75) is 24.5 Å². The Morgan fingerprint density at radius 3 is 2.61 bits per heavy atom. The van der Waals surface area contributed by atoms with Crippen LogP contribution in [0.15, 0.2) is 42.7 Å². The SMILES string of the molecule is Cn1ccnc1C[C@H]1CCCN(S(=O)(=O)C2CN(C(=O)c3ccccc3)C2)C1. The normalized spacial score (nSPS) is 21.5. The molecule has 1 amide bonds. The first-order valence-corrected chi connectivity index (χ1v) is 11.2. The Morgan fingerprint density at radius 1 is 1.18 bits per heavy atom. The van der Waals surface area contributed by atoms with Crippen LogP contribution in [0.5, 0.6) is 0 Å². The maximum Gasteiger partial charge on any atom is 0.253 e. The lowest BCUT2D eigenvalue weighted by Gasteiger charge is -2.42. The van der Waals surface area contributed by atoms with Crippen molar-refractivity contribution in [1.29, 1.82) is 0 Å². The lowest BCUT2D eigenvalue weighted by molar-refractivity contribution is 0.0653. The molecule has 0 unspecified atom stereocenters. The standard InChI is InChI=1S/C20H26N4O3S/c1-22-11-9-21-19(22)12-16-6-5-10-24(13-16)28(26,27)18-14-23(15-18)20(25)17-7-3-2-4-8-17/h2-4,7-9,11,16,18H,5-6,10,12-15H2,1H3/t16-/m1/s1. The fourth-order valence-electron chi connectivity index (χ4n) is 4.04. The van der Waals surface area contributed by atoms with Crippen LogP contribution in [0.3, 0.4) is 0 Å². The van der Waals surface area contributed by atoms with Crippen LogP contribution in [-0.2, 0) is 23.5 Å². The molecule has 0 spiro atoms. The number of likely N-dealkylation sites (tertiary alicyclic amines) is 1. The van der Waals surface area contributed by atoms with Crippen molar-refractivity contribution in [1.82, 2.24) is 18.8 Å². The molecule has 2 aromatic rings. The highest BCUT2D eigenvalue weighted by Crippen LogP contribution is 2.27. The Bertz CT molecular complexity index is 935. The summed E-state index contributed by atoms with van der Waals surface area (Å²) in [6.07, 6.45) is 6.37. The molecule has 8 heteroatoms. The molecule has 2 fully saturated rings. The zero-order valence-corrected chi connectivity index (χ0v) is 16.9. The van der Waals surface area contributed by atoms with Gasteiger partial charge in [-0.15, -0.1) is 0 Å². The number of amides is 1. The lowest BCUT2D eigenvalue weighted by atomic mass is 9.96. The van der Waals surface area contributed by atoms with Crippen LogP contribution in [0.2, 0.25) is 0 Å². The highest BCUT2D eigenvalue weighted by atomic mass is 32.2. The first-order chi connectivity index (χ1) is 13.4. The molecule has 0 bridgehead atoms. The van der Waals surface area contributed by atoms with E-state index in [1.54, 1.807) is 27.5 Å². The van der Waals surface area contributed by atoms with Crippen LogP contribution >= 0.6 is 0 Å². The second-order valence-corrected chi connectivity index (χ2v) is 9.98. The maximum atomic E-state index is 13.1. The summed E-state index contributed by atoms with van der Waals surface area (Å²) < 4.78 is 29.7. The predicted molar refractivity (Wildman–Crippen MR) is 106 cm³/mol. The molecule has 0 saturated carbocycles. The van der Waals surface area contributed by atoms with Crippen LogP contribution in [0.25, 0.3) is 0 Å². The Kier molecular flexibility index (Phi) is 5.25. The average Bonchev–Trinajstić information content (AvgIpc) is 3.06. The molecular formula is C20H26N4O3S. The van der Waals surface area contributed by atoms with Crippen molar-refractivity contribution < 1.29 is 13.2 Å². The van der Waals surface area contributed by atoms with Crippen LogP contribution < -0.4 is 0 Å². The number of carbonyl (C=O) groups excluding carboxylic acids is 1. The zero-order chi connectivity index (χ0) is 19.7. The number of sulfonamides is 1. The van der Waals surface area contributed by atoms with Gasteiger partial charge in [-0.1, -0.05) is 18.2 Å². The molecule has 1 aromatic heterocycles. The number of hydrogen-bond donors (Lipinski definition) is 0. The molecule has 7 nitrogen and oxygen atoms in total. The fourth-order valence-corrected chi connectivity index (χ4v) is 6.00. The molecule has 2 saturated heterocycles. The molecule has 0 radical (unpaired) electrons. The number of hydrogen-bond acceptors (Lipinski definition) is 4. The van der Waals surface area contributed by atoms with Gasteiger partial charge in [0.15, 0.2) is 0 Å². The summed E-state index contributed by atoms with van der Waals surface area (Å²) in [4.78, 5) is 18.4. The van der Waals surface area contributed by atoms with Gasteiger partial charge >= 0.3 is 0 Å². The molecule has 0 N–H and O–H groups in total. The van der Waals surface area contributed by atoms with Crippen LogP contribution in [0.4, 0.5) is 0 Å². The Labute approximate surface area is 166 Å². The smallest absolute Gasteiger partial charge is 0.253 e. The summed E-state index contributed by atoms with van der Waals surface area (Å²) in [7, 11) is -1.42. The predicted octanol–water partition coefficient (Wildman–Crippen LogP) is 1.53. The van der Waals surface area contributed by atoms with Gasteiger partial charge in [-0.25, -0.2) is 17.7 Å². The van der Waals surface area contributed by atoms with E-state index in [9.17, 15) is 13.2 Å². The Balaban J connectivity index is 1.36. The third-order valence-electron chi connectivity index (χ3n) is 5.81. The van der Waals surface area contributed by atoms with Gasteiger partial charge in [0, 0.05) is 57.6 Å². The summed E-state index contributed by atoms with van der Waals surface area (Å²) >= 11 is 0. The molecule has 1 atom stereocenters. The van der Waals surface area contributed by atoms with Gasteiger partial charge in [0.2, 0.25) is 10.0 Å². The monoisotopic (exact) mass is 402 g/mol. The summed E-state index contributed by atoms with van der Waals surface area (Å²) in [6, 6.07) is 9.01. The quantitative estimate of drug-likeness (QED) is 0.760. The number of carbonyl (C=O) groups is 1. The number of benzene rings is 1. The molecular weight excluding hydrogens is 376 g/mol. The number of rotatable bonds is 5. The molecule has 0 aliphatic carbocycles. The van der Waals surface area contributed by atoms with Gasteiger partial charge in [-0.2, -0.15) is 0 Å². The molecule has 1 aromatic carbocycles. The molecule has 3 heterocycles. The molecule has 2 aliphatic heterocycles. The van der Waals surface area contributed by atoms with E-state index in [-0.39, 0.29) is 24.9 Å². The van der Waals surface area contributed by atoms with Gasteiger partial charge in [0.25, 0.3) is 5.91 Å². The zero-order valence-electron chi connectivity index (χ0n) is 16.1. The first-order valence-electron chi connectivity index (χ1n) is 9.74. The van der Waals surface area contributed by atoms with E-state index >= 15 is 0 Å². The minimum absolute atomic E-state index is 0.0987. The third-order valence-corrected chi connectivity index (χ3v) is 8.00. The van der Waals surface area contributed by atoms with Crippen LogP contribution in [0.1, 0.15) is 29.0 Å². The highest BCUT2D eigenvalue weighted by Gasteiger charge is 2.44. The van der Waals surface area contributed by atoms with Gasteiger partial charge in [-0.3, -0.25) is 4.79 Å². The second kappa shape index (κ2) is 7.67. The molecule has 150 valence electrons. The van der Waals surface area contributed by atoms with Crippen molar-refractivity contribution >= 4 is 15.9 Å². The van der Waals surface area contributed by atoms with E-state index < -0.39 is 15.3 Å². The van der Waals surface area contributed by atoms with Crippen molar-refractivity contribution in [2.24, 2.45) is 13.0 Å². The van der Waals surface area contributed by atoms with E-state index in [4.69, 9.17) is 0 Å². The fraction of sp³-hybridized carbons (Fsp3) is 0.500. The third kappa shape index (κ3) is 3.71. The van der Waals surface area contributed by atoms with Crippen LogP contribution in [0, 0.1) is 5.92 Å². The summed E-state index contributed by atoms with van der Waals surface area (Å²) in [6.45, 7) is 1.66. The largest absolute Gasteiger partial charge is 0.338 e. The number of nitrogens with zero attached hydrogens (tertiary/aromatic N) is 4. The van der Waals surface area contributed by atoms with E-state index in [0.29, 0.717) is 18.7 Å². The minimum Gasteiger partial charge on any atom is -0.338 e. The van der Waals surface area contributed by atoms with E-state index in [1.807, 2.05) is 36.0 Å². The summed E-state index contributed by atoms with van der Waals surface area (Å²) in [5.41, 5.74) is 0.603. The Morgan fingerprint density at radius 2 is 1.93 bits per heavy atom. The molecule has 28 heavy (non-hydrogen) atoms. The van der Waals surface area contributed by atoms with Crippen molar-refractivity contribution in [3.05, 3.63) is 54.1 Å². The first kappa shape index (κ1) is 19.1. The van der Waals surface area contributed by atoms with Crippen molar-refractivity contribution in [2.75, 3.05) is 26.2 Å². The van der Waals surface area contributed by atoms with Gasteiger partial charge < -0.3 is 9.47 Å². The van der Waals surface area contributed by atoms with Gasteiger partial charge in [0.05, 0.1) is 0 Å². The van der Waals surface area contributed by atoms with Crippen molar-refractivity contribution in [3.63, 3.8) is 0 Å². The van der Waals surface area contributed by atoms with Gasteiger partial charge in [0.1, 0.15) is 11.1 Å². The van der Waals surface area contributed by atoms with E-state index in [1.165, 1.54) is 0 Å². The summed E-state index contributed by atoms with van der Waals surface area (Å²) in [5.74, 6) is 1.18. The summed E-state index contributed by atoms with van der Waals surface area (Å²) in [5, 5.41) is -0.493. The van der Waals surface area contributed by atoms with E-state index in [2.05, 4.69) is 4.98 Å². The average molecular weight is 403 g/mol. The van der Waals surface area contributed by atoms with Gasteiger partial charge in [-0.05, 0) is 30.9 Å². The molecule has 2 aliphatic rings. The minimum atomic E-state index is -3.38. The lowest BCUT2D eigenvalue weighted by Crippen LogP contribution is -2.60. The Hall–Kier alpha value is -2.19. The topological polar surface area (TPSA) is 75.5 Å². The van der Waals surface area contributed by atoms with Crippen molar-refractivity contribution in [3.8, 4) is 0 Å². The maximum absolute atomic E-state index is 13.1. The van der Waals surface area contributed by atoms with Crippen LogP contribution in [-0.4, -0.2) is 64.5 Å². The number of imidazole rings is 1. The molecule has 4 rings (SSSR count). The van der Waals surface area contributed by atoms with E-state index in [0.717, 1.165) is 25.1 Å². The number of piperidine rings is 1. The number of aryl methyl sites for hydroxylation is 1.